The first-order valence-corrected chi connectivity index (χ1v) is 8.58. The highest BCUT2D eigenvalue weighted by molar-refractivity contribution is 9.10. The van der Waals surface area contributed by atoms with Crippen molar-refractivity contribution in [2.75, 3.05) is 0 Å². The number of hydrogen-bond acceptors (Lipinski definition) is 2. The topological polar surface area (TPSA) is 21.3 Å². The van der Waals surface area contributed by atoms with Crippen LogP contribution in [-0.2, 0) is 13.2 Å². The first kappa shape index (κ1) is 17.0. The molecule has 3 heteroatoms. The molecule has 0 radical (unpaired) electrons. The molecule has 2 rings (SSSR count). The Morgan fingerprint density at radius 2 is 1.86 bits per heavy atom. The van der Waals surface area contributed by atoms with Crippen molar-refractivity contribution in [1.82, 2.24) is 5.32 Å². The minimum atomic E-state index is 0.504. The molecule has 118 valence electrons. The quantitative estimate of drug-likeness (QED) is 0.729. The van der Waals surface area contributed by atoms with Crippen molar-refractivity contribution in [3.8, 4) is 5.75 Å². The van der Waals surface area contributed by atoms with E-state index in [4.69, 9.17) is 4.74 Å². The molecule has 0 aromatic heterocycles. The zero-order valence-electron chi connectivity index (χ0n) is 13.5. The number of hydrogen-bond donors (Lipinski definition) is 1. The lowest BCUT2D eigenvalue weighted by Gasteiger charge is -2.15. The van der Waals surface area contributed by atoms with Crippen LogP contribution in [0.5, 0.6) is 5.75 Å². The molecule has 0 aliphatic heterocycles. The largest absolute Gasteiger partial charge is 0.489 e. The molecule has 0 spiro atoms. The Balaban J connectivity index is 2.04. The van der Waals surface area contributed by atoms with Crippen LogP contribution in [0.4, 0.5) is 0 Å². The molecule has 0 aliphatic rings. The maximum atomic E-state index is 6.02. The average Bonchev–Trinajstić information content (AvgIpc) is 2.53. The van der Waals surface area contributed by atoms with Crippen molar-refractivity contribution in [3.63, 3.8) is 0 Å². The summed E-state index contributed by atoms with van der Waals surface area (Å²) in [4.78, 5) is 0. The van der Waals surface area contributed by atoms with Crippen molar-refractivity contribution < 1.29 is 4.74 Å². The summed E-state index contributed by atoms with van der Waals surface area (Å²) in [5.74, 6) is 0.944. The molecule has 0 bridgehead atoms. The number of aryl methyl sites for hydroxylation is 1. The van der Waals surface area contributed by atoms with Crippen LogP contribution in [0.1, 0.15) is 37.0 Å². The molecular formula is C19H24BrNO. The minimum Gasteiger partial charge on any atom is -0.489 e. The monoisotopic (exact) mass is 361 g/mol. The van der Waals surface area contributed by atoms with E-state index < -0.39 is 0 Å². The molecule has 0 amide bonds. The first-order chi connectivity index (χ1) is 10.6. The van der Waals surface area contributed by atoms with Gasteiger partial charge in [-0.15, -0.1) is 0 Å². The Morgan fingerprint density at radius 1 is 1.14 bits per heavy atom. The van der Waals surface area contributed by atoms with Crippen molar-refractivity contribution in [1.29, 1.82) is 0 Å². The molecule has 0 heterocycles. The van der Waals surface area contributed by atoms with Gasteiger partial charge >= 0.3 is 0 Å². The first-order valence-electron chi connectivity index (χ1n) is 7.78. The molecule has 1 atom stereocenters. The third kappa shape index (κ3) is 5.15. The number of ether oxygens (including phenoxy) is 1. The summed E-state index contributed by atoms with van der Waals surface area (Å²) in [6.45, 7) is 7.89. The molecule has 0 saturated heterocycles. The van der Waals surface area contributed by atoms with Crippen LogP contribution in [0.25, 0.3) is 0 Å². The van der Waals surface area contributed by atoms with Gasteiger partial charge in [0.25, 0.3) is 0 Å². The van der Waals surface area contributed by atoms with Gasteiger partial charge < -0.3 is 10.1 Å². The van der Waals surface area contributed by atoms with Crippen molar-refractivity contribution >= 4 is 15.9 Å². The fourth-order valence-corrected chi connectivity index (χ4v) is 2.51. The minimum absolute atomic E-state index is 0.504. The van der Waals surface area contributed by atoms with E-state index in [1.54, 1.807) is 0 Å². The van der Waals surface area contributed by atoms with E-state index in [9.17, 15) is 0 Å². The molecule has 2 nitrogen and oxygen atoms in total. The summed E-state index contributed by atoms with van der Waals surface area (Å²) >= 11 is 3.54. The predicted octanol–water partition coefficient (Wildman–Crippen LogP) is 5.22. The molecule has 0 aliphatic carbocycles. The van der Waals surface area contributed by atoms with E-state index in [1.165, 1.54) is 16.7 Å². The lowest BCUT2D eigenvalue weighted by Crippen LogP contribution is -2.24. The van der Waals surface area contributed by atoms with Gasteiger partial charge in [0.1, 0.15) is 12.4 Å². The van der Waals surface area contributed by atoms with E-state index >= 15 is 0 Å². The van der Waals surface area contributed by atoms with Gasteiger partial charge in [-0.2, -0.15) is 0 Å². The van der Waals surface area contributed by atoms with Gasteiger partial charge in [-0.3, -0.25) is 0 Å². The Labute approximate surface area is 142 Å². The molecule has 0 unspecified atom stereocenters. The second-order valence-corrected chi connectivity index (χ2v) is 6.63. The summed E-state index contributed by atoms with van der Waals surface area (Å²) in [6, 6.07) is 15.2. The lowest BCUT2D eigenvalue weighted by molar-refractivity contribution is 0.301. The molecule has 2 aromatic rings. The molecular weight excluding hydrogens is 338 g/mol. The van der Waals surface area contributed by atoms with Gasteiger partial charge in [0.2, 0.25) is 0 Å². The second-order valence-electron chi connectivity index (χ2n) is 5.72. The molecule has 2 aromatic carbocycles. The third-order valence-electron chi connectivity index (χ3n) is 3.79. The maximum Gasteiger partial charge on any atom is 0.124 e. The van der Waals surface area contributed by atoms with Crippen LogP contribution in [0.2, 0.25) is 0 Å². The third-order valence-corrected chi connectivity index (χ3v) is 4.28. The number of benzene rings is 2. The summed E-state index contributed by atoms with van der Waals surface area (Å²) in [6.07, 6.45) is 1.12. The van der Waals surface area contributed by atoms with Gasteiger partial charge in [0.05, 0.1) is 0 Å². The van der Waals surface area contributed by atoms with Crippen LogP contribution >= 0.6 is 15.9 Å². The van der Waals surface area contributed by atoms with E-state index in [-0.39, 0.29) is 0 Å². The molecule has 22 heavy (non-hydrogen) atoms. The maximum absolute atomic E-state index is 6.02. The zero-order valence-corrected chi connectivity index (χ0v) is 15.1. The summed E-state index contributed by atoms with van der Waals surface area (Å²) in [5, 5.41) is 3.52. The Kier molecular flexibility index (Phi) is 6.47. The number of nitrogens with one attached hydrogen (secondary N) is 1. The predicted molar refractivity (Wildman–Crippen MR) is 96.2 cm³/mol. The van der Waals surface area contributed by atoms with E-state index in [0.717, 1.165) is 23.2 Å². The summed E-state index contributed by atoms with van der Waals surface area (Å²) in [7, 11) is 0. The van der Waals surface area contributed by atoms with E-state index in [2.05, 4.69) is 72.3 Å². The van der Waals surface area contributed by atoms with Gasteiger partial charge in [-0.25, -0.2) is 0 Å². The van der Waals surface area contributed by atoms with Crippen LogP contribution in [0, 0.1) is 6.92 Å². The normalized spacial score (nSPS) is 12.2. The highest BCUT2D eigenvalue weighted by Crippen LogP contribution is 2.24. The van der Waals surface area contributed by atoms with Crippen LogP contribution in [0.3, 0.4) is 0 Å². The highest BCUT2D eigenvalue weighted by atomic mass is 79.9. The number of rotatable bonds is 7. The number of halogens is 1. The molecule has 0 saturated carbocycles. The van der Waals surface area contributed by atoms with Gasteiger partial charge in [0.15, 0.2) is 0 Å². The van der Waals surface area contributed by atoms with Crippen molar-refractivity contribution in [2.45, 2.75) is 46.4 Å². The molecule has 1 N–H and O–H groups in total. The standard InChI is InChI=1S/C19H24BrNO/c1-4-15(3)21-12-17-11-18(20)9-10-19(17)22-13-16-7-5-14(2)6-8-16/h5-11,15,21H,4,12-13H2,1-3H3/t15-/m1/s1. The van der Waals surface area contributed by atoms with Gasteiger partial charge in [-0.1, -0.05) is 52.7 Å². The molecule has 0 fully saturated rings. The summed E-state index contributed by atoms with van der Waals surface area (Å²) < 4.78 is 7.10. The van der Waals surface area contributed by atoms with Crippen molar-refractivity contribution in [2.24, 2.45) is 0 Å². The smallest absolute Gasteiger partial charge is 0.124 e. The second kappa shape index (κ2) is 8.35. The SMILES string of the molecule is CC[C@@H](C)NCc1cc(Br)ccc1OCc1ccc(C)cc1. The van der Waals surface area contributed by atoms with E-state index in [0.29, 0.717) is 12.6 Å². The highest BCUT2D eigenvalue weighted by Gasteiger charge is 2.07. The summed E-state index contributed by atoms with van der Waals surface area (Å²) in [5.41, 5.74) is 3.64. The Hall–Kier alpha value is -1.32. The van der Waals surface area contributed by atoms with Gasteiger partial charge in [-0.05, 0) is 44.0 Å². The fourth-order valence-electron chi connectivity index (χ4n) is 2.10. The van der Waals surface area contributed by atoms with E-state index in [1.807, 2.05) is 12.1 Å². The van der Waals surface area contributed by atoms with Gasteiger partial charge in [0, 0.05) is 22.6 Å². The van der Waals surface area contributed by atoms with Crippen LogP contribution < -0.4 is 10.1 Å². The Bertz CT molecular complexity index is 595. The van der Waals surface area contributed by atoms with Crippen LogP contribution in [-0.4, -0.2) is 6.04 Å². The fraction of sp³-hybridized carbons (Fsp3) is 0.368. The Morgan fingerprint density at radius 3 is 2.55 bits per heavy atom. The zero-order chi connectivity index (χ0) is 15.9. The van der Waals surface area contributed by atoms with Crippen LogP contribution in [0.15, 0.2) is 46.9 Å². The average molecular weight is 362 g/mol. The lowest BCUT2D eigenvalue weighted by atomic mass is 10.1. The van der Waals surface area contributed by atoms with Crippen molar-refractivity contribution in [3.05, 3.63) is 63.6 Å².